The lowest BCUT2D eigenvalue weighted by Crippen LogP contribution is -2.56. The van der Waals surface area contributed by atoms with Gasteiger partial charge in [-0.1, -0.05) is 27.7 Å². The Kier molecular flexibility index (Phi) is 14.1. The quantitative estimate of drug-likeness (QED) is 0.0808. The SMILES string of the molecule is CCNC(=O)c1nnc(-c2cc(C(C)C)c(O)cc2O)n1-c1ccc(Oc2ccc(C(=O)N3CCC4(CC3)OB([C@H](CC(C)C)NC(=O)CNC(=O)c3cnccn3)OC4(C)C)cc2)cc1. The van der Waals surface area contributed by atoms with Crippen LogP contribution in [-0.2, 0) is 14.1 Å². The van der Waals surface area contributed by atoms with E-state index in [4.69, 9.17) is 14.0 Å². The van der Waals surface area contributed by atoms with Crippen molar-refractivity contribution in [3.05, 3.63) is 102 Å². The minimum Gasteiger partial charge on any atom is -0.508 e. The van der Waals surface area contributed by atoms with Crippen molar-refractivity contribution in [1.82, 2.24) is 45.6 Å². The number of carbonyl (C=O) groups is 4. The van der Waals surface area contributed by atoms with Gasteiger partial charge in [-0.25, -0.2) is 4.98 Å². The van der Waals surface area contributed by atoms with Gasteiger partial charge in [-0.2, -0.15) is 0 Å². The lowest BCUT2D eigenvalue weighted by Gasteiger charge is -2.45. The second-order valence-electron chi connectivity index (χ2n) is 17.7. The second kappa shape index (κ2) is 19.7. The molecule has 3 aromatic carbocycles. The third kappa shape index (κ3) is 10.2. The zero-order chi connectivity index (χ0) is 47.3. The summed E-state index contributed by atoms with van der Waals surface area (Å²) in [4.78, 5) is 62.1. The number of hydrogen-bond acceptors (Lipinski definition) is 13. The number of benzene rings is 3. The number of likely N-dealkylation sites (tertiary alicyclic amines) is 1. The molecule has 2 aromatic heterocycles. The van der Waals surface area contributed by atoms with Crippen LogP contribution in [-0.4, -0.2) is 114 Å². The highest BCUT2D eigenvalue weighted by molar-refractivity contribution is 6.48. The van der Waals surface area contributed by atoms with Crippen LogP contribution in [0.3, 0.4) is 0 Å². The largest absolute Gasteiger partial charge is 0.508 e. The number of rotatable bonds is 15. The molecule has 5 N–H and O–H groups in total. The smallest absolute Gasteiger partial charge is 0.481 e. The fourth-order valence-corrected chi connectivity index (χ4v) is 8.39. The number of ether oxygens (including phenoxy) is 1. The van der Waals surface area contributed by atoms with E-state index in [1.165, 1.54) is 29.2 Å². The number of piperidine rings is 1. The molecule has 0 unspecified atom stereocenters. The topological polar surface area (TPSA) is 232 Å². The lowest BCUT2D eigenvalue weighted by atomic mass is 9.73. The van der Waals surface area contributed by atoms with Gasteiger partial charge in [-0.15, -0.1) is 10.2 Å². The van der Waals surface area contributed by atoms with Gasteiger partial charge in [0.1, 0.15) is 28.7 Å². The Morgan fingerprint density at radius 3 is 2.17 bits per heavy atom. The van der Waals surface area contributed by atoms with Crippen molar-refractivity contribution in [3.8, 4) is 40.1 Å². The molecule has 0 aliphatic carbocycles. The summed E-state index contributed by atoms with van der Waals surface area (Å²) >= 11 is 0. The number of carbonyl (C=O) groups excluding carboxylic acids is 4. The van der Waals surface area contributed by atoms with Crippen LogP contribution in [0.1, 0.15) is 111 Å². The van der Waals surface area contributed by atoms with Crippen LogP contribution < -0.4 is 20.7 Å². The Bertz CT molecular complexity index is 2540. The van der Waals surface area contributed by atoms with Crippen LogP contribution >= 0.6 is 0 Å². The highest BCUT2D eigenvalue weighted by Crippen LogP contribution is 2.46. The monoisotopic (exact) mass is 901 g/mol. The normalized spacial score (nSPS) is 15.8. The first-order valence-corrected chi connectivity index (χ1v) is 22.2. The number of hydrogen-bond donors (Lipinski definition) is 5. The van der Waals surface area contributed by atoms with E-state index in [-0.39, 0.29) is 59.0 Å². The van der Waals surface area contributed by atoms with Gasteiger partial charge in [-0.05, 0) is 112 Å². The van der Waals surface area contributed by atoms with Gasteiger partial charge in [0.25, 0.3) is 17.7 Å². The van der Waals surface area contributed by atoms with Crippen molar-refractivity contribution in [3.63, 3.8) is 0 Å². The molecule has 346 valence electrons. The summed E-state index contributed by atoms with van der Waals surface area (Å²) in [7, 11) is -0.740. The van der Waals surface area contributed by atoms with E-state index >= 15 is 0 Å². The number of amides is 4. The van der Waals surface area contributed by atoms with Crippen molar-refractivity contribution in [2.75, 3.05) is 26.2 Å². The summed E-state index contributed by atoms with van der Waals surface area (Å²) < 4.78 is 21.0. The lowest BCUT2D eigenvalue weighted by molar-refractivity contribution is -0.120. The number of nitrogens with one attached hydrogen (secondary N) is 3. The fraction of sp³-hybridized carbons (Fsp3) is 0.404. The molecule has 0 bridgehead atoms. The van der Waals surface area contributed by atoms with Crippen molar-refractivity contribution < 1.29 is 43.4 Å². The van der Waals surface area contributed by atoms with Crippen molar-refractivity contribution in [2.45, 2.75) is 90.8 Å². The molecule has 4 heterocycles. The van der Waals surface area contributed by atoms with Gasteiger partial charge < -0.3 is 45.1 Å². The van der Waals surface area contributed by atoms with E-state index in [2.05, 4.69) is 36.1 Å². The van der Waals surface area contributed by atoms with E-state index in [1.54, 1.807) is 66.4 Å². The predicted molar refractivity (Wildman–Crippen MR) is 244 cm³/mol. The maximum atomic E-state index is 13.8. The van der Waals surface area contributed by atoms with E-state index in [0.717, 1.165) is 0 Å². The van der Waals surface area contributed by atoms with Crippen LogP contribution in [0.5, 0.6) is 23.0 Å². The molecule has 2 saturated heterocycles. The van der Waals surface area contributed by atoms with Crippen LogP contribution in [0.2, 0.25) is 0 Å². The summed E-state index contributed by atoms with van der Waals surface area (Å²) in [5.74, 6) is -0.871. The standard InChI is InChI=1S/C47H56BN9O9/c1-8-50-44(62)42-55-54-41(35-24-34(29(4)5)37(58)25-38(35)59)57(42)31-11-15-33(16-12-31)64-32-13-9-30(10-14-32)45(63)56-21-17-47(18-22-56)46(6,7)65-48(66-47)39(23-28(2)3)53-40(60)27-52-43(61)36-26-49-19-20-51-36/h9-16,19-20,24-26,28-29,39,58-59H,8,17-18,21-23,27H2,1-7H3,(H,50,62)(H,52,61)(H,53,60)/t39-/m0/s1. The maximum absolute atomic E-state index is 13.8. The third-order valence-corrected chi connectivity index (χ3v) is 12.0. The third-order valence-electron chi connectivity index (χ3n) is 12.0. The summed E-state index contributed by atoms with van der Waals surface area (Å²) in [6.45, 7) is 14.6. The first-order valence-electron chi connectivity index (χ1n) is 22.2. The zero-order valence-electron chi connectivity index (χ0n) is 38.2. The van der Waals surface area contributed by atoms with E-state index < -0.39 is 36.1 Å². The molecular formula is C47H56BN9O9. The average Bonchev–Trinajstić information content (AvgIpc) is 3.84. The van der Waals surface area contributed by atoms with Gasteiger partial charge in [-0.3, -0.25) is 28.7 Å². The molecule has 0 radical (unpaired) electrons. The highest BCUT2D eigenvalue weighted by Gasteiger charge is 2.60. The Balaban J connectivity index is 0.978. The molecule has 1 atom stereocenters. The predicted octanol–water partition coefficient (Wildman–Crippen LogP) is 5.59. The van der Waals surface area contributed by atoms with E-state index in [9.17, 15) is 29.4 Å². The first-order chi connectivity index (χ1) is 31.5. The number of aromatic hydroxyl groups is 2. The van der Waals surface area contributed by atoms with Gasteiger partial charge in [0, 0.05) is 49.3 Å². The minimum atomic E-state index is -0.740. The Labute approximate surface area is 383 Å². The number of nitrogens with zero attached hydrogens (tertiary/aromatic N) is 6. The Morgan fingerprint density at radius 1 is 0.864 bits per heavy atom. The molecule has 18 nitrogen and oxygen atoms in total. The molecule has 7 rings (SSSR count). The summed E-state index contributed by atoms with van der Waals surface area (Å²) in [6, 6.07) is 16.7. The molecular weight excluding hydrogens is 845 g/mol. The van der Waals surface area contributed by atoms with Gasteiger partial charge in [0.2, 0.25) is 11.7 Å². The molecule has 5 aromatic rings. The maximum Gasteiger partial charge on any atom is 0.481 e. The fourth-order valence-electron chi connectivity index (χ4n) is 8.39. The molecule has 2 aliphatic rings. The molecule has 2 aliphatic heterocycles. The second-order valence-corrected chi connectivity index (χ2v) is 17.7. The van der Waals surface area contributed by atoms with Crippen molar-refractivity contribution >= 4 is 30.7 Å². The van der Waals surface area contributed by atoms with Crippen LogP contribution in [0, 0.1) is 5.92 Å². The molecule has 4 amide bonds. The minimum absolute atomic E-state index is 0.0112. The Morgan fingerprint density at radius 2 is 1.55 bits per heavy atom. The number of phenolic OH excluding ortho intramolecular Hbond substituents is 2. The molecule has 1 spiro atoms. The van der Waals surface area contributed by atoms with Gasteiger partial charge in [0.15, 0.2) is 5.82 Å². The van der Waals surface area contributed by atoms with Crippen LogP contribution in [0.15, 0.2) is 79.3 Å². The number of aromatic nitrogens is 5. The summed E-state index contributed by atoms with van der Waals surface area (Å²) in [5, 5.41) is 38.1. The first kappa shape index (κ1) is 47.1. The van der Waals surface area contributed by atoms with Crippen LogP contribution in [0.25, 0.3) is 17.1 Å². The van der Waals surface area contributed by atoms with Crippen molar-refractivity contribution in [2.24, 2.45) is 5.92 Å². The van der Waals surface area contributed by atoms with Gasteiger partial charge >= 0.3 is 7.12 Å². The van der Waals surface area contributed by atoms with Gasteiger partial charge in [0.05, 0.1) is 35.4 Å². The summed E-state index contributed by atoms with van der Waals surface area (Å²) in [6.07, 6.45) is 5.81. The number of phenols is 2. The van der Waals surface area contributed by atoms with Crippen LogP contribution in [0.4, 0.5) is 0 Å². The summed E-state index contributed by atoms with van der Waals surface area (Å²) in [5.41, 5.74) is 0.608. The average molecular weight is 902 g/mol. The van der Waals surface area contributed by atoms with Crippen molar-refractivity contribution in [1.29, 1.82) is 0 Å². The molecule has 2 fully saturated rings. The van der Waals surface area contributed by atoms with E-state index in [1.807, 2.05) is 41.5 Å². The molecule has 0 saturated carbocycles. The highest BCUT2D eigenvalue weighted by atomic mass is 16.7. The molecule has 19 heteroatoms. The molecule has 66 heavy (non-hydrogen) atoms. The van der Waals surface area contributed by atoms with E-state index in [0.29, 0.717) is 72.8 Å². The zero-order valence-corrected chi connectivity index (χ0v) is 38.2. The Hall–Kier alpha value is -6.86.